The molecule has 0 radical (unpaired) electrons. The van der Waals surface area contributed by atoms with E-state index in [0.29, 0.717) is 6.42 Å². The van der Waals surface area contributed by atoms with E-state index in [0.717, 1.165) is 47.9 Å². The summed E-state index contributed by atoms with van der Waals surface area (Å²) in [5, 5.41) is 26.6. The normalized spacial score (nSPS) is 11.2. The molecule has 0 N–H and O–H groups in total. The number of hydrogen-bond acceptors (Lipinski definition) is 2. The molecule has 0 saturated carbocycles. The Hall–Kier alpha value is -0.700. The fourth-order valence-corrected chi connectivity index (χ4v) is 7.53. The van der Waals surface area contributed by atoms with Crippen LogP contribution in [0.4, 0.5) is 0 Å². The number of para-hydroxylation sites is 2. The molecule has 0 unspecified atom stereocenters. The van der Waals surface area contributed by atoms with Crippen molar-refractivity contribution >= 4 is 37.7 Å². The quantitative estimate of drug-likeness (QED) is 0.0535. The minimum Gasteiger partial charge on any atom is -0.872 e. The second-order valence-corrected chi connectivity index (χ2v) is 15.4. The first-order chi connectivity index (χ1) is 24.2. The molecule has 0 heterocycles. The van der Waals surface area contributed by atoms with Gasteiger partial charge in [-0.3, -0.25) is 0 Å². The predicted octanol–water partition coefficient (Wildman–Crippen LogP) is 13.9. The summed E-state index contributed by atoms with van der Waals surface area (Å²) in [4.78, 5) is 0. The second kappa shape index (κ2) is 34.1. The Labute approximate surface area is 341 Å². The summed E-state index contributed by atoms with van der Waals surface area (Å²) in [5.74, 6) is 0.306. The fourth-order valence-electron chi connectivity index (χ4n) is 7.53. The summed E-state index contributed by atoms with van der Waals surface area (Å²) in [7, 11) is 0. The van der Waals surface area contributed by atoms with Crippen LogP contribution in [0.5, 0.6) is 11.5 Å². The van der Waals surface area contributed by atoms with Gasteiger partial charge in [0.2, 0.25) is 0 Å². The molecular weight excluding hydrogens is 637 g/mol. The number of aryl methyl sites for hydroxylation is 2. The van der Waals surface area contributed by atoms with Crippen LogP contribution in [0.2, 0.25) is 0 Å². The van der Waals surface area contributed by atoms with E-state index in [1.54, 1.807) is 0 Å². The second-order valence-electron chi connectivity index (χ2n) is 15.4. The van der Waals surface area contributed by atoms with Crippen LogP contribution in [0, 0.1) is 0 Å². The van der Waals surface area contributed by atoms with Crippen molar-refractivity contribution in [1.29, 1.82) is 0 Å². The largest absolute Gasteiger partial charge is 2.00 e. The SMILES string of the molecule is CCCCCCCCCCCCCCCCCc1cccc(Cc2cccc(CCCCCCCCCCCCCCCCC)c2[O-])c1[O-].[Ca+2]. The summed E-state index contributed by atoms with van der Waals surface area (Å²) in [6.07, 6.45) is 42.8. The minimum absolute atomic E-state index is 0. The van der Waals surface area contributed by atoms with E-state index in [-0.39, 0.29) is 49.2 Å². The zero-order chi connectivity index (χ0) is 35.0. The molecule has 280 valence electrons. The van der Waals surface area contributed by atoms with E-state index in [4.69, 9.17) is 0 Å². The van der Waals surface area contributed by atoms with Crippen LogP contribution in [-0.4, -0.2) is 37.7 Å². The molecule has 2 aromatic carbocycles. The molecule has 0 spiro atoms. The fraction of sp³-hybridized carbons (Fsp3) is 0.745. The van der Waals surface area contributed by atoms with Crippen LogP contribution in [0.15, 0.2) is 36.4 Å². The van der Waals surface area contributed by atoms with Crippen molar-refractivity contribution in [1.82, 2.24) is 0 Å². The predicted molar refractivity (Wildman–Crippen MR) is 218 cm³/mol. The van der Waals surface area contributed by atoms with E-state index >= 15 is 0 Å². The first-order valence-corrected chi connectivity index (χ1v) is 21.7. The molecular formula is C47H78CaO2. The van der Waals surface area contributed by atoms with Gasteiger partial charge in [-0.05, 0) is 32.1 Å². The van der Waals surface area contributed by atoms with Gasteiger partial charge in [-0.15, -0.1) is 11.5 Å². The van der Waals surface area contributed by atoms with Gasteiger partial charge in [-0.2, -0.15) is 0 Å². The molecule has 3 heteroatoms. The summed E-state index contributed by atoms with van der Waals surface area (Å²) >= 11 is 0. The van der Waals surface area contributed by atoms with Crippen LogP contribution in [0.3, 0.4) is 0 Å². The third-order valence-corrected chi connectivity index (χ3v) is 10.8. The maximum absolute atomic E-state index is 13.3. The van der Waals surface area contributed by atoms with Gasteiger partial charge in [-0.1, -0.05) is 252 Å². The topological polar surface area (TPSA) is 46.1 Å². The maximum Gasteiger partial charge on any atom is 2.00 e. The first kappa shape index (κ1) is 47.3. The van der Waals surface area contributed by atoms with Gasteiger partial charge in [0.15, 0.2) is 0 Å². The third kappa shape index (κ3) is 23.8. The van der Waals surface area contributed by atoms with E-state index < -0.39 is 0 Å². The Morgan fingerprint density at radius 1 is 0.320 bits per heavy atom. The van der Waals surface area contributed by atoms with Crippen molar-refractivity contribution in [2.75, 3.05) is 0 Å². The van der Waals surface area contributed by atoms with E-state index in [1.165, 1.54) is 180 Å². The van der Waals surface area contributed by atoms with Gasteiger partial charge >= 0.3 is 37.7 Å². The maximum atomic E-state index is 13.3. The van der Waals surface area contributed by atoms with Gasteiger partial charge < -0.3 is 10.2 Å². The standard InChI is InChI=1S/C47H80O2.Ca/c1-3-5-7-9-11-13-15-17-19-21-23-25-27-29-31-35-42-37-33-39-44(46(42)48)41-45-40-34-38-43(47(45)49)36-32-30-28-26-24-22-20-18-16-14-12-10-8-6-4-2;/h33-34,37-40,48-49H,3-32,35-36,41H2,1-2H3;/q;+2/p-2. The third-order valence-electron chi connectivity index (χ3n) is 10.8. The molecule has 0 bridgehead atoms. The van der Waals surface area contributed by atoms with Crippen molar-refractivity contribution in [3.05, 3.63) is 58.7 Å². The van der Waals surface area contributed by atoms with Gasteiger partial charge in [-0.25, -0.2) is 0 Å². The van der Waals surface area contributed by atoms with Gasteiger partial charge in [0.25, 0.3) is 0 Å². The molecule has 2 rings (SSSR count). The van der Waals surface area contributed by atoms with Gasteiger partial charge in [0.05, 0.1) is 0 Å². The summed E-state index contributed by atoms with van der Waals surface area (Å²) in [5.41, 5.74) is 3.40. The summed E-state index contributed by atoms with van der Waals surface area (Å²) in [6, 6.07) is 11.9. The smallest absolute Gasteiger partial charge is 0.872 e. The number of hydrogen-bond donors (Lipinski definition) is 0. The molecule has 0 atom stereocenters. The average Bonchev–Trinajstić information content (AvgIpc) is 3.11. The zero-order valence-corrected chi connectivity index (χ0v) is 35.5. The van der Waals surface area contributed by atoms with Gasteiger partial charge in [0, 0.05) is 0 Å². The van der Waals surface area contributed by atoms with Crippen molar-refractivity contribution in [3.8, 4) is 11.5 Å². The minimum atomic E-state index is 0. The van der Waals surface area contributed by atoms with E-state index in [1.807, 2.05) is 36.4 Å². The van der Waals surface area contributed by atoms with E-state index in [2.05, 4.69) is 13.8 Å². The van der Waals surface area contributed by atoms with Crippen LogP contribution in [0.1, 0.15) is 229 Å². The Morgan fingerprint density at radius 2 is 0.540 bits per heavy atom. The van der Waals surface area contributed by atoms with Crippen LogP contribution in [0.25, 0.3) is 0 Å². The van der Waals surface area contributed by atoms with Crippen LogP contribution >= 0.6 is 0 Å². The van der Waals surface area contributed by atoms with Crippen LogP contribution in [-0.2, 0) is 19.3 Å². The van der Waals surface area contributed by atoms with Crippen molar-refractivity contribution < 1.29 is 10.2 Å². The Bertz CT molecular complexity index is 952. The summed E-state index contributed by atoms with van der Waals surface area (Å²) < 4.78 is 0. The molecule has 0 amide bonds. The molecule has 0 aliphatic rings. The Balaban J connectivity index is 0.0000125. The average molecular weight is 715 g/mol. The van der Waals surface area contributed by atoms with Gasteiger partial charge in [0.1, 0.15) is 0 Å². The van der Waals surface area contributed by atoms with Crippen LogP contribution < -0.4 is 10.2 Å². The monoisotopic (exact) mass is 715 g/mol. The zero-order valence-electron chi connectivity index (χ0n) is 33.3. The molecule has 0 saturated heterocycles. The number of unbranched alkanes of at least 4 members (excludes halogenated alkanes) is 28. The van der Waals surface area contributed by atoms with Crippen molar-refractivity contribution in [2.24, 2.45) is 0 Å². The number of benzene rings is 2. The molecule has 0 aliphatic heterocycles. The molecule has 2 nitrogen and oxygen atoms in total. The van der Waals surface area contributed by atoms with E-state index in [9.17, 15) is 10.2 Å². The molecule has 2 aromatic rings. The van der Waals surface area contributed by atoms with Crippen molar-refractivity contribution in [2.45, 2.75) is 226 Å². The molecule has 0 aliphatic carbocycles. The molecule has 0 aromatic heterocycles. The Kier molecular flexibility index (Phi) is 32.3. The first-order valence-electron chi connectivity index (χ1n) is 21.7. The Morgan fingerprint density at radius 3 is 0.800 bits per heavy atom. The molecule has 50 heavy (non-hydrogen) atoms. The molecule has 0 fully saturated rings. The van der Waals surface area contributed by atoms with Crippen molar-refractivity contribution in [3.63, 3.8) is 0 Å². The summed E-state index contributed by atoms with van der Waals surface area (Å²) in [6.45, 7) is 4.57. The number of rotatable bonds is 34.